The van der Waals surface area contributed by atoms with Crippen LogP contribution in [0, 0.1) is 0 Å². The van der Waals surface area contributed by atoms with E-state index in [-0.39, 0.29) is 25.4 Å². The van der Waals surface area contributed by atoms with Gasteiger partial charge in [-0.05, 0) is 66.6 Å². The Kier molecular flexibility index (Phi) is 9.97. The average Bonchev–Trinajstić information content (AvgIpc) is 3.17. The summed E-state index contributed by atoms with van der Waals surface area (Å²) >= 11 is 0. The SMILES string of the molecule is CC(C)(C)P(CC1=C(C(P)(C2NCCCN2)C2NCCCN2)C=C([Si](C)(C)C)C1[Si](C)(C)C)C(C)(C)C. The second-order valence-corrected chi connectivity index (χ2v) is 31.0. The van der Waals surface area contributed by atoms with Crippen LogP contribution >= 0.6 is 17.2 Å². The standard InChI is InChI=1S/C29H60N4P2Si2/c1-27(2,3)35(28(4,5)6)20-21-22(19-23(36(7,8)9)24(21)37(10,11)12)29(34,25-30-15-13-16-31-25)26-32-17-14-18-33-26/h19,24-26,30-33H,13-18,20,34H2,1-12H3. The lowest BCUT2D eigenvalue weighted by atomic mass is 9.87. The first-order valence-corrected chi connectivity index (χ1v) is 23.9. The Morgan fingerprint density at radius 1 is 0.784 bits per heavy atom. The Morgan fingerprint density at radius 2 is 1.19 bits per heavy atom. The fourth-order valence-electron chi connectivity index (χ4n) is 7.00. The topological polar surface area (TPSA) is 48.1 Å². The second-order valence-electron chi connectivity index (χ2n) is 15.8. The van der Waals surface area contributed by atoms with Crippen LogP contribution in [0.1, 0.15) is 54.4 Å². The molecule has 2 aliphatic heterocycles. The van der Waals surface area contributed by atoms with Crippen molar-refractivity contribution in [2.75, 3.05) is 32.3 Å². The second kappa shape index (κ2) is 11.5. The fourth-order valence-corrected chi connectivity index (χ4v) is 18.1. The first-order chi connectivity index (χ1) is 16.8. The Morgan fingerprint density at radius 3 is 1.51 bits per heavy atom. The van der Waals surface area contributed by atoms with Gasteiger partial charge in [0, 0.05) is 0 Å². The van der Waals surface area contributed by atoms with E-state index < -0.39 is 16.1 Å². The summed E-state index contributed by atoms with van der Waals surface area (Å²) in [6.07, 6.45) is 6.87. The summed E-state index contributed by atoms with van der Waals surface area (Å²) < 4.78 is 0. The molecular weight excluding hydrogens is 522 g/mol. The van der Waals surface area contributed by atoms with Gasteiger partial charge in [-0.2, -0.15) is 0 Å². The Hall–Kier alpha value is 0.614. The largest absolute Gasteiger partial charge is 0.301 e. The van der Waals surface area contributed by atoms with Crippen LogP contribution in [0.25, 0.3) is 0 Å². The molecule has 214 valence electrons. The number of hydrogen-bond acceptors (Lipinski definition) is 4. The summed E-state index contributed by atoms with van der Waals surface area (Å²) in [6.45, 7) is 35.0. The number of rotatable bonds is 7. The molecule has 0 aromatic carbocycles. The zero-order chi connectivity index (χ0) is 28.0. The first kappa shape index (κ1) is 32.1. The summed E-state index contributed by atoms with van der Waals surface area (Å²) in [6, 6.07) is 0. The van der Waals surface area contributed by atoms with Crippen molar-refractivity contribution in [3.8, 4) is 0 Å². The monoisotopic (exact) mass is 582 g/mol. The van der Waals surface area contributed by atoms with Crippen molar-refractivity contribution < 1.29 is 0 Å². The quantitative estimate of drug-likeness (QED) is 0.210. The number of hydrogen-bond donors (Lipinski definition) is 4. The highest BCUT2D eigenvalue weighted by molar-refractivity contribution is 7.61. The molecule has 4 N–H and O–H groups in total. The molecule has 3 rings (SSSR count). The lowest BCUT2D eigenvalue weighted by Gasteiger charge is -2.50. The maximum absolute atomic E-state index is 3.93. The molecule has 2 heterocycles. The molecule has 4 nitrogen and oxygen atoms in total. The third kappa shape index (κ3) is 7.10. The molecule has 0 saturated carbocycles. The van der Waals surface area contributed by atoms with Gasteiger partial charge in [0.05, 0.1) is 33.6 Å². The van der Waals surface area contributed by atoms with Crippen LogP contribution in [0.3, 0.4) is 0 Å². The minimum Gasteiger partial charge on any atom is -0.301 e. The molecule has 0 bridgehead atoms. The van der Waals surface area contributed by atoms with E-state index in [1.807, 2.05) is 5.20 Å². The van der Waals surface area contributed by atoms with Crippen LogP contribution in [-0.4, -0.2) is 76.3 Å². The van der Waals surface area contributed by atoms with E-state index in [4.69, 9.17) is 0 Å². The smallest absolute Gasteiger partial charge is 0.0735 e. The van der Waals surface area contributed by atoms with Crippen molar-refractivity contribution in [1.29, 1.82) is 0 Å². The molecule has 0 aromatic rings. The van der Waals surface area contributed by atoms with Crippen LogP contribution in [0.5, 0.6) is 0 Å². The summed E-state index contributed by atoms with van der Waals surface area (Å²) in [7, 11) is 0.140. The third-order valence-corrected chi connectivity index (χ3v) is 18.2. The maximum Gasteiger partial charge on any atom is 0.0735 e. The summed E-state index contributed by atoms with van der Waals surface area (Å²) in [5.41, 5.74) is 4.07. The third-order valence-electron chi connectivity index (χ3n) is 8.51. The lowest BCUT2D eigenvalue weighted by molar-refractivity contribution is 0.231. The highest BCUT2D eigenvalue weighted by Gasteiger charge is 2.52. The zero-order valence-electron chi connectivity index (χ0n) is 26.3. The van der Waals surface area contributed by atoms with E-state index in [0.29, 0.717) is 15.9 Å². The molecule has 1 aliphatic carbocycles. The Bertz CT molecular complexity index is 830. The zero-order valence-corrected chi connectivity index (χ0v) is 30.3. The number of nitrogens with one attached hydrogen (secondary N) is 4. The normalized spacial score (nSPS) is 24.3. The van der Waals surface area contributed by atoms with Gasteiger partial charge in [-0.3, -0.25) is 0 Å². The minimum atomic E-state index is -1.54. The van der Waals surface area contributed by atoms with Crippen molar-refractivity contribution in [1.82, 2.24) is 21.3 Å². The lowest BCUT2D eigenvalue weighted by Crippen LogP contribution is -2.71. The fraction of sp³-hybridized carbons (Fsp3) is 0.862. The molecule has 0 aromatic heterocycles. The summed E-state index contributed by atoms with van der Waals surface area (Å²) in [5, 5.41) is 18.0. The van der Waals surface area contributed by atoms with E-state index in [0.717, 1.165) is 26.2 Å². The van der Waals surface area contributed by atoms with E-state index >= 15 is 0 Å². The van der Waals surface area contributed by atoms with Gasteiger partial charge in [0.25, 0.3) is 0 Å². The maximum atomic E-state index is 3.93. The summed E-state index contributed by atoms with van der Waals surface area (Å²) in [4.78, 5) is 0. The highest BCUT2D eigenvalue weighted by atomic mass is 31.1. The predicted octanol–water partition coefficient (Wildman–Crippen LogP) is 6.32. The molecule has 0 radical (unpaired) electrons. The average molecular weight is 583 g/mol. The van der Waals surface area contributed by atoms with Crippen LogP contribution in [-0.2, 0) is 0 Å². The molecule has 2 fully saturated rings. The van der Waals surface area contributed by atoms with E-state index in [1.54, 1.807) is 11.1 Å². The van der Waals surface area contributed by atoms with Crippen molar-refractivity contribution in [2.24, 2.45) is 0 Å². The Balaban J connectivity index is 2.31. The van der Waals surface area contributed by atoms with Gasteiger partial charge in [0.2, 0.25) is 0 Å². The first-order valence-electron chi connectivity index (χ1n) is 14.7. The minimum absolute atomic E-state index is 0.147. The molecule has 2 saturated heterocycles. The summed E-state index contributed by atoms with van der Waals surface area (Å²) in [5.74, 6) is 0. The van der Waals surface area contributed by atoms with Crippen LogP contribution < -0.4 is 21.3 Å². The van der Waals surface area contributed by atoms with E-state index in [9.17, 15) is 0 Å². The van der Waals surface area contributed by atoms with Gasteiger partial charge in [-0.25, -0.2) is 0 Å². The number of allylic oxidation sites excluding steroid dienone is 3. The van der Waals surface area contributed by atoms with Crippen molar-refractivity contribution in [3.63, 3.8) is 0 Å². The molecule has 8 heteroatoms. The van der Waals surface area contributed by atoms with E-state index in [1.165, 1.54) is 19.0 Å². The van der Waals surface area contributed by atoms with Crippen LogP contribution in [0.4, 0.5) is 0 Å². The van der Waals surface area contributed by atoms with Crippen LogP contribution in [0.2, 0.25) is 44.8 Å². The van der Waals surface area contributed by atoms with Crippen molar-refractivity contribution in [3.05, 3.63) is 22.4 Å². The van der Waals surface area contributed by atoms with Gasteiger partial charge in [0.15, 0.2) is 0 Å². The van der Waals surface area contributed by atoms with E-state index in [2.05, 4.69) is 117 Å². The Labute approximate surface area is 235 Å². The molecule has 2 unspecified atom stereocenters. The molecule has 0 amide bonds. The van der Waals surface area contributed by atoms with Crippen molar-refractivity contribution in [2.45, 2.75) is 127 Å². The van der Waals surface area contributed by atoms with Crippen LogP contribution in [0.15, 0.2) is 22.4 Å². The highest BCUT2D eigenvalue weighted by Crippen LogP contribution is 2.64. The molecule has 2 atom stereocenters. The van der Waals surface area contributed by atoms with Gasteiger partial charge < -0.3 is 21.3 Å². The molecular formula is C29H60N4P2Si2. The van der Waals surface area contributed by atoms with Gasteiger partial charge in [-0.1, -0.05) is 106 Å². The van der Waals surface area contributed by atoms with Crippen molar-refractivity contribution >= 4 is 33.3 Å². The predicted molar refractivity (Wildman–Crippen MR) is 178 cm³/mol. The molecule has 3 aliphatic rings. The van der Waals surface area contributed by atoms with Gasteiger partial charge in [0.1, 0.15) is 0 Å². The molecule has 37 heavy (non-hydrogen) atoms. The van der Waals surface area contributed by atoms with Gasteiger partial charge >= 0.3 is 0 Å². The molecule has 0 spiro atoms. The van der Waals surface area contributed by atoms with Gasteiger partial charge in [-0.15, -0.1) is 9.24 Å².